The second-order valence-corrected chi connectivity index (χ2v) is 7.28. The number of hydrogen-bond acceptors (Lipinski definition) is 3. The minimum Gasteiger partial charge on any atom is -0.490 e. The van der Waals surface area contributed by atoms with Crippen LogP contribution in [0.3, 0.4) is 0 Å². The van der Waals surface area contributed by atoms with E-state index in [0.29, 0.717) is 47.8 Å². The summed E-state index contributed by atoms with van der Waals surface area (Å²) in [5.74, 6) is 1.11. The maximum absolute atomic E-state index is 13.1. The van der Waals surface area contributed by atoms with Gasteiger partial charge in [0.25, 0.3) is 0 Å². The van der Waals surface area contributed by atoms with E-state index in [1.54, 1.807) is 24.3 Å². The van der Waals surface area contributed by atoms with Crippen LogP contribution in [0.25, 0.3) is 0 Å². The lowest BCUT2D eigenvalue weighted by atomic mass is 10.1. The lowest BCUT2D eigenvalue weighted by Crippen LogP contribution is -2.14. The van der Waals surface area contributed by atoms with E-state index in [-0.39, 0.29) is 5.82 Å². The minimum atomic E-state index is -0.241. The second kappa shape index (κ2) is 10.5. The van der Waals surface area contributed by atoms with Crippen LogP contribution in [0.5, 0.6) is 11.5 Å². The summed E-state index contributed by atoms with van der Waals surface area (Å²) < 4.78 is 24.9. The number of rotatable bonds is 9. The number of hydrogen-bond donors (Lipinski definition) is 1. The Labute approximate surface area is 180 Å². The Morgan fingerprint density at radius 1 is 0.897 bits per heavy atom. The molecular weight excluding hydrogens is 412 g/mol. The van der Waals surface area contributed by atoms with Gasteiger partial charge in [0.2, 0.25) is 0 Å². The SMILES string of the molecule is CCOc1cccc(CNCc2ccc(F)cc2)c1OCc1ccc(Cl)cc1Cl. The molecule has 0 saturated heterocycles. The first-order valence-electron chi connectivity index (χ1n) is 9.33. The molecule has 0 spiro atoms. The van der Waals surface area contributed by atoms with Gasteiger partial charge in [-0.15, -0.1) is 0 Å². The predicted molar refractivity (Wildman–Crippen MR) is 115 cm³/mol. The molecule has 0 heterocycles. The zero-order chi connectivity index (χ0) is 20.6. The van der Waals surface area contributed by atoms with Crippen LogP contribution in [0.1, 0.15) is 23.6 Å². The van der Waals surface area contributed by atoms with Crippen LogP contribution in [0.15, 0.2) is 60.7 Å². The first kappa shape index (κ1) is 21.4. The molecular formula is C23H22Cl2FNO2. The summed E-state index contributed by atoms with van der Waals surface area (Å²) in [5.41, 5.74) is 2.80. The van der Waals surface area contributed by atoms with E-state index in [1.165, 1.54) is 12.1 Å². The van der Waals surface area contributed by atoms with Crippen LogP contribution in [0.2, 0.25) is 10.0 Å². The molecule has 0 aliphatic carbocycles. The molecule has 3 nitrogen and oxygen atoms in total. The van der Waals surface area contributed by atoms with Crippen LogP contribution < -0.4 is 14.8 Å². The zero-order valence-corrected chi connectivity index (χ0v) is 17.6. The largest absolute Gasteiger partial charge is 0.490 e. The van der Waals surface area contributed by atoms with E-state index in [1.807, 2.05) is 31.2 Å². The number of halogens is 3. The molecule has 0 aromatic heterocycles. The van der Waals surface area contributed by atoms with Gasteiger partial charge in [0.05, 0.1) is 6.61 Å². The summed E-state index contributed by atoms with van der Waals surface area (Å²) in [6, 6.07) is 17.6. The highest BCUT2D eigenvalue weighted by Crippen LogP contribution is 2.33. The van der Waals surface area contributed by atoms with Gasteiger partial charge in [0.15, 0.2) is 11.5 Å². The van der Waals surface area contributed by atoms with E-state index < -0.39 is 0 Å². The minimum absolute atomic E-state index is 0.241. The lowest BCUT2D eigenvalue weighted by molar-refractivity contribution is 0.266. The monoisotopic (exact) mass is 433 g/mol. The quantitative estimate of drug-likeness (QED) is 0.423. The van der Waals surface area contributed by atoms with Crippen molar-refractivity contribution in [3.05, 3.63) is 93.2 Å². The summed E-state index contributed by atoms with van der Waals surface area (Å²) >= 11 is 12.2. The average molecular weight is 434 g/mol. The molecule has 0 amide bonds. The number of nitrogens with one attached hydrogen (secondary N) is 1. The third-order valence-electron chi connectivity index (χ3n) is 4.31. The van der Waals surface area contributed by atoms with Crippen LogP contribution in [0.4, 0.5) is 4.39 Å². The van der Waals surface area contributed by atoms with Gasteiger partial charge in [-0.25, -0.2) is 4.39 Å². The van der Waals surface area contributed by atoms with Crippen molar-refractivity contribution >= 4 is 23.2 Å². The summed E-state index contributed by atoms with van der Waals surface area (Å²) in [5, 5.41) is 4.50. The standard InChI is InChI=1S/C23H22Cl2FNO2/c1-2-28-22-5-3-4-17(14-27-13-16-6-10-20(26)11-7-16)23(22)29-15-18-8-9-19(24)12-21(18)25/h3-12,27H,2,13-15H2,1H3. The third kappa shape index (κ3) is 6.10. The first-order valence-corrected chi connectivity index (χ1v) is 10.1. The van der Waals surface area contributed by atoms with Crippen LogP contribution in [-0.2, 0) is 19.7 Å². The first-order chi connectivity index (χ1) is 14.1. The highest BCUT2D eigenvalue weighted by molar-refractivity contribution is 6.35. The number of ether oxygens (including phenoxy) is 2. The highest BCUT2D eigenvalue weighted by atomic mass is 35.5. The molecule has 0 aliphatic heterocycles. The van der Waals surface area contributed by atoms with Crippen molar-refractivity contribution < 1.29 is 13.9 Å². The molecule has 0 unspecified atom stereocenters. The van der Waals surface area contributed by atoms with Crippen molar-refractivity contribution in [1.82, 2.24) is 5.32 Å². The van der Waals surface area contributed by atoms with Crippen molar-refractivity contribution in [1.29, 1.82) is 0 Å². The Morgan fingerprint density at radius 3 is 2.41 bits per heavy atom. The molecule has 29 heavy (non-hydrogen) atoms. The normalized spacial score (nSPS) is 10.8. The van der Waals surface area contributed by atoms with E-state index in [0.717, 1.165) is 16.7 Å². The third-order valence-corrected chi connectivity index (χ3v) is 4.89. The Hall–Kier alpha value is -2.27. The summed E-state index contributed by atoms with van der Waals surface area (Å²) in [7, 11) is 0. The molecule has 0 fully saturated rings. The molecule has 0 aliphatic rings. The molecule has 3 aromatic rings. The number of para-hydroxylation sites is 1. The molecule has 0 saturated carbocycles. The summed E-state index contributed by atoms with van der Waals surface area (Å²) in [6.45, 7) is 3.94. The van der Waals surface area contributed by atoms with Gasteiger partial charge in [0, 0.05) is 34.3 Å². The Bertz CT molecular complexity index is 948. The van der Waals surface area contributed by atoms with Gasteiger partial charge in [-0.1, -0.05) is 53.5 Å². The molecule has 0 bridgehead atoms. The van der Waals surface area contributed by atoms with Crippen molar-refractivity contribution in [3.63, 3.8) is 0 Å². The summed E-state index contributed by atoms with van der Waals surface area (Å²) in [6.07, 6.45) is 0. The Kier molecular flexibility index (Phi) is 7.76. The van der Waals surface area contributed by atoms with Crippen molar-refractivity contribution in [2.75, 3.05) is 6.61 Å². The van der Waals surface area contributed by atoms with Gasteiger partial charge in [-0.3, -0.25) is 0 Å². The molecule has 1 N–H and O–H groups in total. The lowest BCUT2D eigenvalue weighted by Gasteiger charge is -2.17. The molecule has 3 rings (SSSR count). The number of benzene rings is 3. The van der Waals surface area contributed by atoms with Crippen LogP contribution in [-0.4, -0.2) is 6.61 Å². The van der Waals surface area contributed by atoms with Crippen LogP contribution in [0, 0.1) is 5.82 Å². The predicted octanol–water partition coefficient (Wildman–Crippen LogP) is 6.40. The van der Waals surface area contributed by atoms with E-state index in [2.05, 4.69) is 5.32 Å². The van der Waals surface area contributed by atoms with Crippen LogP contribution >= 0.6 is 23.2 Å². The smallest absolute Gasteiger partial charge is 0.166 e. The van der Waals surface area contributed by atoms with Gasteiger partial charge in [0.1, 0.15) is 12.4 Å². The van der Waals surface area contributed by atoms with Crippen molar-refractivity contribution in [2.45, 2.75) is 26.6 Å². The fraction of sp³-hybridized carbons (Fsp3) is 0.217. The fourth-order valence-electron chi connectivity index (χ4n) is 2.87. The van der Waals surface area contributed by atoms with E-state index >= 15 is 0 Å². The van der Waals surface area contributed by atoms with Gasteiger partial charge in [-0.2, -0.15) is 0 Å². The molecule has 0 atom stereocenters. The Balaban J connectivity index is 1.72. The Morgan fingerprint density at radius 2 is 1.69 bits per heavy atom. The summed E-state index contributed by atoms with van der Waals surface area (Å²) in [4.78, 5) is 0. The molecule has 6 heteroatoms. The van der Waals surface area contributed by atoms with Crippen molar-refractivity contribution in [3.8, 4) is 11.5 Å². The fourth-order valence-corrected chi connectivity index (χ4v) is 3.33. The molecule has 152 valence electrons. The average Bonchev–Trinajstić information content (AvgIpc) is 2.70. The van der Waals surface area contributed by atoms with Gasteiger partial charge >= 0.3 is 0 Å². The van der Waals surface area contributed by atoms with Gasteiger partial charge < -0.3 is 14.8 Å². The molecule has 0 radical (unpaired) electrons. The maximum Gasteiger partial charge on any atom is 0.166 e. The van der Waals surface area contributed by atoms with Gasteiger partial charge in [-0.05, 0) is 42.8 Å². The highest BCUT2D eigenvalue weighted by Gasteiger charge is 2.12. The van der Waals surface area contributed by atoms with Crippen molar-refractivity contribution in [2.24, 2.45) is 0 Å². The van der Waals surface area contributed by atoms with E-state index in [4.69, 9.17) is 32.7 Å². The van der Waals surface area contributed by atoms with E-state index in [9.17, 15) is 4.39 Å². The zero-order valence-electron chi connectivity index (χ0n) is 16.1. The second-order valence-electron chi connectivity index (χ2n) is 6.43. The maximum atomic E-state index is 13.1. The topological polar surface area (TPSA) is 30.5 Å². The molecule has 3 aromatic carbocycles.